The molecule has 2 amide bonds. The molecule has 0 saturated heterocycles. The number of amides is 2. The summed E-state index contributed by atoms with van der Waals surface area (Å²) in [6.07, 6.45) is 0.290. The summed E-state index contributed by atoms with van der Waals surface area (Å²) in [7, 11) is 0. The lowest BCUT2D eigenvalue weighted by Crippen LogP contribution is -2.32. The first-order chi connectivity index (χ1) is 11.7. The molecule has 0 aliphatic carbocycles. The van der Waals surface area contributed by atoms with Crippen molar-refractivity contribution in [1.29, 1.82) is 0 Å². The summed E-state index contributed by atoms with van der Waals surface area (Å²) in [4.78, 5) is 33.8. The molecule has 0 heterocycles. The van der Waals surface area contributed by atoms with Crippen molar-refractivity contribution in [1.82, 2.24) is 10.6 Å². The number of aliphatic carboxylic acids is 1. The third kappa shape index (κ3) is 12.0. The molecule has 0 aliphatic heterocycles. The van der Waals surface area contributed by atoms with Gasteiger partial charge in [-0.15, -0.1) is 0 Å². The number of carboxylic acids is 1. The van der Waals surface area contributed by atoms with Crippen molar-refractivity contribution in [2.75, 3.05) is 32.9 Å². The minimum absolute atomic E-state index is 0.0825. The fraction of sp³-hybridized carbons (Fsp3) is 0.706. The largest absolute Gasteiger partial charge is 0.481 e. The van der Waals surface area contributed by atoms with E-state index in [1.165, 1.54) is 0 Å². The van der Waals surface area contributed by atoms with E-state index in [2.05, 4.69) is 22.5 Å². The Morgan fingerprint density at radius 2 is 1.68 bits per heavy atom. The van der Waals surface area contributed by atoms with Gasteiger partial charge in [-0.3, -0.25) is 14.4 Å². The second-order valence-electron chi connectivity index (χ2n) is 6.06. The maximum atomic E-state index is 11.5. The molecule has 1 atom stereocenters. The molecule has 0 spiro atoms. The molecule has 0 fully saturated rings. The highest BCUT2D eigenvalue weighted by atomic mass is 16.5. The molecule has 142 valence electrons. The molecule has 25 heavy (non-hydrogen) atoms. The quantitative estimate of drug-likeness (QED) is 0.359. The molecule has 0 aromatic carbocycles. The third-order valence-electron chi connectivity index (χ3n) is 3.17. The number of ether oxygens (including phenoxy) is 2. The Morgan fingerprint density at radius 3 is 2.20 bits per heavy atom. The lowest BCUT2D eigenvalue weighted by Gasteiger charge is -2.22. The Morgan fingerprint density at radius 1 is 1.12 bits per heavy atom. The van der Waals surface area contributed by atoms with E-state index in [0.717, 1.165) is 0 Å². The highest BCUT2D eigenvalue weighted by Gasteiger charge is 2.28. The van der Waals surface area contributed by atoms with E-state index >= 15 is 0 Å². The zero-order chi connectivity index (χ0) is 19.3. The molecule has 1 unspecified atom stereocenters. The van der Waals surface area contributed by atoms with Crippen LogP contribution in [0.4, 0.5) is 0 Å². The average Bonchev–Trinajstić information content (AvgIpc) is 2.55. The number of carboxylic acid groups (broad SMARTS) is 1. The molecular weight excluding hydrogens is 328 g/mol. The number of hydrogen-bond donors (Lipinski definition) is 3. The average molecular weight is 356 g/mol. The highest BCUT2D eigenvalue weighted by molar-refractivity contribution is 6.02. The van der Waals surface area contributed by atoms with Gasteiger partial charge in [-0.1, -0.05) is 0 Å². The lowest BCUT2D eigenvalue weighted by atomic mass is 9.95. The summed E-state index contributed by atoms with van der Waals surface area (Å²) >= 11 is 0. The monoisotopic (exact) mass is 356 g/mol. The first-order valence-electron chi connectivity index (χ1n) is 8.19. The summed E-state index contributed by atoms with van der Waals surface area (Å²) in [5, 5.41) is 14.0. The van der Waals surface area contributed by atoms with Gasteiger partial charge in [-0.25, -0.2) is 0 Å². The molecule has 0 aliphatic rings. The van der Waals surface area contributed by atoms with Crippen molar-refractivity contribution in [3.8, 4) is 11.8 Å². The van der Waals surface area contributed by atoms with E-state index in [-0.39, 0.29) is 12.7 Å². The molecule has 8 nitrogen and oxygen atoms in total. The van der Waals surface area contributed by atoms with Crippen molar-refractivity contribution >= 4 is 17.8 Å². The van der Waals surface area contributed by atoms with Crippen molar-refractivity contribution in [2.24, 2.45) is 5.41 Å². The third-order valence-corrected chi connectivity index (χ3v) is 3.17. The Labute approximate surface area is 148 Å². The Balaban J connectivity index is 3.94. The van der Waals surface area contributed by atoms with Gasteiger partial charge in [0.1, 0.15) is 0 Å². The molecule has 0 radical (unpaired) electrons. The molecule has 0 aromatic heterocycles. The van der Waals surface area contributed by atoms with Crippen LogP contribution in [0.15, 0.2) is 0 Å². The van der Waals surface area contributed by atoms with E-state index < -0.39 is 23.2 Å². The van der Waals surface area contributed by atoms with Crippen LogP contribution in [-0.2, 0) is 23.9 Å². The predicted molar refractivity (Wildman–Crippen MR) is 91.7 cm³/mol. The minimum atomic E-state index is -0.960. The topological polar surface area (TPSA) is 114 Å². The second kappa shape index (κ2) is 12.3. The van der Waals surface area contributed by atoms with Crippen molar-refractivity contribution in [3.63, 3.8) is 0 Å². The molecule has 3 N–H and O–H groups in total. The SMILES string of the molecule is CCOCCNC(=O)C#CC(=O)NCCC(C)OCC(C)(C)C(=O)O. The summed E-state index contributed by atoms with van der Waals surface area (Å²) < 4.78 is 10.5. The Bertz CT molecular complexity index is 507. The summed E-state index contributed by atoms with van der Waals surface area (Å²) in [6, 6.07) is 0. The van der Waals surface area contributed by atoms with Crippen LogP contribution in [0.1, 0.15) is 34.1 Å². The van der Waals surface area contributed by atoms with Gasteiger partial charge in [0.25, 0.3) is 11.8 Å². The molecule has 0 aromatic rings. The van der Waals surface area contributed by atoms with E-state index in [1.54, 1.807) is 20.8 Å². The van der Waals surface area contributed by atoms with Gasteiger partial charge >= 0.3 is 5.97 Å². The second-order valence-corrected chi connectivity index (χ2v) is 6.06. The first-order valence-corrected chi connectivity index (χ1v) is 8.19. The summed E-state index contributed by atoms with van der Waals surface area (Å²) in [5.41, 5.74) is -0.960. The molecule has 0 rings (SSSR count). The van der Waals surface area contributed by atoms with Crippen LogP contribution in [0, 0.1) is 17.3 Å². The van der Waals surface area contributed by atoms with Crippen molar-refractivity contribution in [2.45, 2.75) is 40.2 Å². The van der Waals surface area contributed by atoms with E-state index in [1.807, 2.05) is 6.92 Å². The number of nitrogens with one attached hydrogen (secondary N) is 2. The molecule has 0 bridgehead atoms. The van der Waals surface area contributed by atoms with Gasteiger partial charge in [-0.05, 0) is 34.1 Å². The van der Waals surface area contributed by atoms with E-state index in [0.29, 0.717) is 32.7 Å². The first kappa shape index (κ1) is 22.9. The van der Waals surface area contributed by atoms with Crippen LogP contribution in [0.5, 0.6) is 0 Å². The normalized spacial score (nSPS) is 11.8. The molecule has 0 saturated carbocycles. The highest BCUT2D eigenvalue weighted by Crippen LogP contribution is 2.16. The minimum Gasteiger partial charge on any atom is -0.481 e. The van der Waals surface area contributed by atoms with Gasteiger partial charge in [0, 0.05) is 31.5 Å². The fourth-order valence-corrected chi connectivity index (χ4v) is 1.47. The van der Waals surface area contributed by atoms with Crippen LogP contribution < -0.4 is 10.6 Å². The van der Waals surface area contributed by atoms with Crippen molar-refractivity contribution in [3.05, 3.63) is 0 Å². The van der Waals surface area contributed by atoms with Gasteiger partial charge in [0.15, 0.2) is 0 Å². The number of carbonyl (C=O) groups excluding carboxylic acids is 2. The van der Waals surface area contributed by atoms with Gasteiger partial charge in [0.05, 0.1) is 24.7 Å². The Kier molecular flexibility index (Phi) is 11.2. The molecular formula is C17H28N2O6. The van der Waals surface area contributed by atoms with Crippen LogP contribution in [0.2, 0.25) is 0 Å². The van der Waals surface area contributed by atoms with Gasteiger partial charge < -0.3 is 25.2 Å². The lowest BCUT2D eigenvalue weighted by molar-refractivity contribution is -0.151. The predicted octanol–water partition coefficient (Wildman–Crippen LogP) is 0.165. The number of hydrogen-bond acceptors (Lipinski definition) is 5. The van der Waals surface area contributed by atoms with Crippen LogP contribution in [0.3, 0.4) is 0 Å². The van der Waals surface area contributed by atoms with Gasteiger partial charge in [0.2, 0.25) is 0 Å². The van der Waals surface area contributed by atoms with E-state index in [9.17, 15) is 14.4 Å². The summed E-state index contributed by atoms with van der Waals surface area (Å²) in [5.74, 6) is 2.36. The maximum Gasteiger partial charge on any atom is 0.311 e. The van der Waals surface area contributed by atoms with Crippen LogP contribution in [-0.4, -0.2) is 61.9 Å². The van der Waals surface area contributed by atoms with Crippen LogP contribution >= 0.6 is 0 Å². The van der Waals surface area contributed by atoms with E-state index in [4.69, 9.17) is 14.6 Å². The van der Waals surface area contributed by atoms with Crippen molar-refractivity contribution < 1.29 is 29.0 Å². The number of carbonyl (C=O) groups is 3. The standard InChI is InChI=1S/C17H28N2O6/c1-5-24-11-10-19-15(21)7-6-14(20)18-9-8-13(2)25-12-17(3,4)16(22)23/h13H,5,8-12H2,1-4H3,(H,18,20)(H,19,21)(H,22,23). The smallest absolute Gasteiger partial charge is 0.311 e. The Hall–Kier alpha value is -2.11. The fourth-order valence-electron chi connectivity index (χ4n) is 1.47. The van der Waals surface area contributed by atoms with Crippen LogP contribution in [0.25, 0.3) is 0 Å². The maximum absolute atomic E-state index is 11.5. The zero-order valence-corrected chi connectivity index (χ0v) is 15.3. The molecule has 8 heteroatoms. The zero-order valence-electron chi connectivity index (χ0n) is 15.3. The summed E-state index contributed by atoms with van der Waals surface area (Å²) in [6.45, 7) is 8.51. The van der Waals surface area contributed by atoms with Gasteiger partial charge in [-0.2, -0.15) is 0 Å². The number of rotatable bonds is 11.